The third-order valence-corrected chi connectivity index (χ3v) is 4.05. The molecule has 7 heteroatoms. The van der Waals surface area contributed by atoms with Crippen molar-refractivity contribution in [1.29, 1.82) is 0 Å². The molecule has 0 saturated carbocycles. The predicted octanol–water partition coefficient (Wildman–Crippen LogP) is 2.53. The summed E-state index contributed by atoms with van der Waals surface area (Å²) in [5.41, 5.74) is 1.16. The summed E-state index contributed by atoms with van der Waals surface area (Å²) < 4.78 is 37.2. The van der Waals surface area contributed by atoms with Crippen LogP contribution in [0.5, 0.6) is 0 Å². The first-order valence-electron chi connectivity index (χ1n) is 7.93. The fourth-order valence-corrected chi connectivity index (χ4v) is 2.78. The molecule has 0 radical (unpaired) electrons. The van der Waals surface area contributed by atoms with E-state index in [9.17, 15) is 22.8 Å². The van der Waals surface area contributed by atoms with Gasteiger partial charge >= 0.3 is 6.18 Å². The van der Waals surface area contributed by atoms with Crippen LogP contribution in [0.25, 0.3) is 0 Å². The molecular weight excluding hydrogens is 321 g/mol. The summed E-state index contributed by atoms with van der Waals surface area (Å²) in [6.45, 7) is 0.389. The SMILES string of the molecule is C[C@@H](CCc1ccccc1)NC(=O)[C@@H]1CC(=O)N(CC(F)(F)F)C1. The molecular formula is C17H21F3N2O2. The minimum absolute atomic E-state index is 0.107. The molecule has 24 heavy (non-hydrogen) atoms. The van der Waals surface area contributed by atoms with Gasteiger partial charge in [-0.2, -0.15) is 13.2 Å². The molecule has 0 aromatic heterocycles. The molecule has 132 valence electrons. The molecule has 0 unspecified atom stereocenters. The first-order chi connectivity index (χ1) is 11.2. The van der Waals surface area contributed by atoms with Gasteiger partial charge in [-0.25, -0.2) is 0 Å². The number of carbonyl (C=O) groups is 2. The Morgan fingerprint density at radius 3 is 2.62 bits per heavy atom. The van der Waals surface area contributed by atoms with E-state index >= 15 is 0 Å². The molecule has 1 aliphatic rings. The van der Waals surface area contributed by atoms with Crippen LogP contribution < -0.4 is 5.32 Å². The quantitative estimate of drug-likeness (QED) is 0.864. The van der Waals surface area contributed by atoms with E-state index in [0.29, 0.717) is 4.90 Å². The number of hydrogen-bond donors (Lipinski definition) is 1. The zero-order chi connectivity index (χ0) is 17.7. The van der Waals surface area contributed by atoms with Crippen LogP contribution in [0.1, 0.15) is 25.3 Å². The van der Waals surface area contributed by atoms with Crippen molar-refractivity contribution in [3.05, 3.63) is 35.9 Å². The summed E-state index contributed by atoms with van der Waals surface area (Å²) in [5.74, 6) is -1.68. The van der Waals surface area contributed by atoms with E-state index in [1.807, 2.05) is 37.3 Å². The van der Waals surface area contributed by atoms with Gasteiger partial charge in [0.1, 0.15) is 6.54 Å². The van der Waals surface area contributed by atoms with Crippen LogP contribution in [0.3, 0.4) is 0 Å². The van der Waals surface area contributed by atoms with Gasteiger partial charge < -0.3 is 10.2 Å². The molecule has 1 saturated heterocycles. The average molecular weight is 342 g/mol. The number of likely N-dealkylation sites (tertiary alicyclic amines) is 1. The van der Waals surface area contributed by atoms with E-state index in [1.54, 1.807) is 0 Å². The lowest BCUT2D eigenvalue weighted by Gasteiger charge is -2.19. The topological polar surface area (TPSA) is 49.4 Å². The number of nitrogens with one attached hydrogen (secondary N) is 1. The van der Waals surface area contributed by atoms with Crippen LogP contribution in [0.4, 0.5) is 13.2 Å². The molecule has 1 N–H and O–H groups in total. The van der Waals surface area contributed by atoms with Crippen molar-refractivity contribution in [3.8, 4) is 0 Å². The monoisotopic (exact) mass is 342 g/mol. The van der Waals surface area contributed by atoms with E-state index in [4.69, 9.17) is 0 Å². The van der Waals surface area contributed by atoms with E-state index in [0.717, 1.165) is 18.4 Å². The zero-order valence-electron chi connectivity index (χ0n) is 13.5. The van der Waals surface area contributed by atoms with Gasteiger partial charge in [-0.05, 0) is 25.3 Å². The maximum atomic E-state index is 12.4. The Kier molecular flexibility index (Phi) is 5.85. The highest BCUT2D eigenvalue weighted by molar-refractivity contribution is 5.89. The number of alkyl halides is 3. The number of benzene rings is 1. The van der Waals surface area contributed by atoms with Gasteiger partial charge in [-0.15, -0.1) is 0 Å². The van der Waals surface area contributed by atoms with Gasteiger partial charge in [0.05, 0.1) is 5.92 Å². The molecule has 1 aromatic carbocycles. The number of halogens is 3. The number of hydrogen-bond acceptors (Lipinski definition) is 2. The lowest BCUT2D eigenvalue weighted by atomic mass is 10.0. The maximum Gasteiger partial charge on any atom is 0.406 e. The Balaban J connectivity index is 1.79. The summed E-state index contributed by atoms with van der Waals surface area (Å²) in [6.07, 6.45) is -3.08. The predicted molar refractivity (Wildman–Crippen MR) is 83.1 cm³/mol. The number of rotatable bonds is 6. The van der Waals surface area contributed by atoms with Crippen LogP contribution in [-0.2, 0) is 16.0 Å². The second-order valence-corrected chi connectivity index (χ2v) is 6.22. The largest absolute Gasteiger partial charge is 0.406 e. The lowest BCUT2D eigenvalue weighted by molar-refractivity contribution is -0.157. The van der Waals surface area contributed by atoms with Gasteiger partial charge in [0, 0.05) is 19.0 Å². The molecule has 2 atom stereocenters. The number of aryl methyl sites for hydroxylation is 1. The Morgan fingerprint density at radius 2 is 2.00 bits per heavy atom. The standard InChI is InChI=1S/C17H21F3N2O2/c1-12(7-8-13-5-3-2-4-6-13)21-16(24)14-9-15(23)22(10-14)11-17(18,19)20/h2-6,12,14H,7-11H2,1H3,(H,21,24)/t12-,14+/m0/s1. The van der Waals surface area contributed by atoms with Crippen molar-refractivity contribution >= 4 is 11.8 Å². The van der Waals surface area contributed by atoms with Gasteiger partial charge in [-0.3, -0.25) is 9.59 Å². The normalized spacial score (nSPS) is 19.4. The smallest absolute Gasteiger partial charge is 0.353 e. The fourth-order valence-electron chi connectivity index (χ4n) is 2.78. The Bertz CT molecular complexity index is 575. The molecule has 1 aromatic rings. The minimum atomic E-state index is -4.44. The third kappa shape index (κ3) is 5.54. The van der Waals surface area contributed by atoms with Crippen molar-refractivity contribution in [3.63, 3.8) is 0 Å². The van der Waals surface area contributed by atoms with E-state index in [2.05, 4.69) is 5.32 Å². The summed E-state index contributed by atoms with van der Waals surface area (Å²) in [5, 5.41) is 2.80. The number of nitrogens with zero attached hydrogens (tertiary/aromatic N) is 1. The highest BCUT2D eigenvalue weighted by Gasteiger charge is 2.40. The third-order valence-electron chi connectivity index (χ3n) is 4.05. The van der Waals surface area contributed by atoms with Gasteiger partial charge in [0.25, 0.3) is 0 Å². The zero-order valence-corrected chi connectivity index (χ0v) is 13.5. The minimum Gasteiger partial charge on any atom is -0.353 e. The summed E-state index contributed by atoms with van der Waals surface area (Å²) in [7, 11) is 0. The van der Waals surface area contributed by atoms with E-state index in [1.165, 1.54) is 0 Å². The van der Waals surface area contributed by atoms with Crippen molar-refractivity contribution in [2.45, 2.75) is 38.4 Å². The Morgan fingerprint density at radius 1 is 1.33 bits per heavy atom. The number of amides is 2. The molecule has 0 spiro atoms. The molecule has 0 aliphatic carbocycles. The molecule has 0 bridgehead atoms. The van der Waals surface area contributed by atoms with Gasteiger partial charge in [-0.1, -0.05) is 30.3 Å². The molecule has 2 rings (SSSR count). The first kappa shape index (κ1) is 18.3. The van der Waals surface area contributed by atoms with Crippen LogP contribution in [-0.4, -0.2) is 42.0 Å². The summed E-state index contributed by atoms with van der Waals surface area (Å²) in [6, 6.07) is 9.71. The van der Waals surface area contributed by atoms with E-state index in [-0.39, 0.29) is 24.9 Å². The highest BCUT2D eigenvalue weighted by atomic mass is 19.4. The maximum absolute atomic E-state index is 12.4. The molecule has 1 fully saturated rings. The van der Waals surface area contributed by atoms with Crippen molar-refractivity contribution in [2.24, 2.45) is 5.92 Å². The van der Waals surface area contributed by atoms with Gasteiger partial charge in [0.15, 0.2) is 0 Å². The fraction of sp³-hybridized carbons (Fsp3) is 0.529. The van der Waals surface area contributed by atoms with Crippen LogP contribution in [0.2, 0.25) is 0 Å². The summed E-state index contributed by atoms with van der Waals surface area (Å²) in [4.78, 5) is 24.5. The first-order valence-corrected chi connectivity index (χ1v) is 7.93. The van der Waals surface area contributed by atoms with Gasteiger partial charge in [0.2, 0.25) is 11.8 Å². The van der Waals surface area contributed by atoms with Crippen molar-refractivity contribution in [2.75, 3.05) is 13.1 Å². The number of carbonyl (C=O) groups excluding carboxylic acids is 2. The molecule has 4 nitrogen and oxygen atoms in total. The van der Waals surface area contributed by atoms with Crippen LogP contribution >= 0.6 is 0 Å². The van der Waals surface area contributed by atoms with Crippen LogP contribution in [0, 0.1) is 5.92 Å². The van der Waals surface area contributed by atoms with E-state index < -0.39 is 24.5 Å². The Hall–Kier alpha value is -2.05. The van der Waals surface area contributed by atoms with Crippen molar-refractivity contribution < 1.29 is 22.8 Å². The Labute approximate surface area is 139 Å². The molecule has 1 aliphatic heterocycles. The van der Waals surface area contributed by atoms with Crippen LogP contribution in [0.15, 0.2) is 30.3 Å². The molecule has 2 amide bonds. The lowest BCUT2D eigenvalue weighted by Crippen LogP contribution is -2.40. The molecule has 1 heterocycles. The second-order valence-electron chi connectivity index (χ2n) is 6.22. The highest BCUT2D eigenvalue weighted by Crippen LogP contribution is 2.24. The van der Waals surface area contributed by atoms with Crippen molar-refractivity contribution in [1.82, 2.24) is 10.2 Å². The average Bonchev–Trinajstić information content (AvgIpc) is 2.85. The second kappa shape index (κ2) is 7.68. The summed E-state index contributed by atoms with van der Waals surface area (Å²) >= 11 is 0.